The van der Waals surface area contributed by atoms with Crippen LogP contribution in [-0.2, 0) is 12.7 Å². The molecule has 0 aliphatic heterocycles. The number of ether oxygens (including phenoxy) is 1. The van der Waals surface area contributed by atoms with Gasteiger partial charge in [-0.15, -0.1) is 0 Å². The predicted molar refractivity (Wildman–Crippen MR) is 85.3 cm³/mol. The number of alkyl halides is 3. The Hall–Kier alpha value is -2.61. The summed E-state index contributed by atoms with van der Waals surface area (Å²) in [5.74, 6) is 0.196. The summed E-state index contributed by atoms with van der Waals surface area (Å²) in [6.45, 7) is 0.517. The number of rotatable bonds is 4. The molecular formula is C17H16F3N3O2. The van der Waals surface area contributed by atoms with Gasteiger partial charge in [0.15, 0.2) is 0 Å². The first-order valence-corrected chi connectivity index (χ1v) is 7.31. The molecule has 0 fully saturated rings. The lowest BCUT2D eigenvalue weighted by Crippen LogP contribution is -2.25. The van der Waals surface area contributed by atoms with Crippen molar-refractivity contribution >= 4 is 11.0 Å². The summed E-state index contributed by atoms with van der Waals surface area (Å²) < 4.78 is 60.8. The average molecular weight is 353 g/mol. The number of hydrogen-bond acceptors (Lipinski definition) is 4. The van der Waals surface area contributed by atoms with Gasteiger partial charge >= 0.3 is 6.18 Å². The van der Waals surface area contributed by atoms with Crippen LogP contribution in [0.2, 0.25) is 0 Å². The first kappa shape index (κ1) is 14.7. The Balaban J connectivity index is 1.94. The minimum atomic E-state index is -4.49. The third-order valence-electron chi connectivity index (χ3n) is 3.20. The lowest BCUT2D eigenvalue weighted by molar-refractivity contribution is -0.137. The molecule has 0 aliphatic rings. The topological polar surface area (TPSA) is 60.2 Å². The normalized spacial score (nSPS) is 14.3. The number of aromatic nitrogens is 3. The molecule has 2 aromatic heterocycles. The molecule has 0 radical (unpaired) electrons. The minimum absolute atomic E-state index is 0.0427. The summed E-state index contributed by atoms with van der Waals surface area (Å²) in [6, 6.07) is 6.55. The Morgan fingerprint density at radius 1 is 1.20 bits per heavy atom. The van der Waals surface area contributed by atoms with Gasteiger partial charge in [0, 0.05) is 18.3 Å². The van der Waals surface area contributed by atoms with Crippen molar-refractivity contribution in [2.75, 3.05) is 0 Å². The largest absolute Gasteiger partial charge is 0.439 e. The maximum atomic E-state index is 12.6. The van der Waals surface area contributed by atoms with Crippen LogP contribution in [0.15, 0.2) is 42.9 Å². The van der Waals surface area contributed by atoms with E-state index in [1.54, 1.807) is 12.1 Å². The number of fused-ring (bicyclic) bond motifs is 1. The molecule has 1 aromatic carbocycles. The van der Waals surface area contributed by atoms with Crippen molar-refractivity contribution < 1.29 is 25.8 Å². The smallest absolute Gasteiger partial charge is 0.417 e. The molecule has 0 amide bonds. The SMILES string of the molecule is [2H]C([2H])(n1cnc2ccc(Oc3ccc(C(F)(F)F)cn3)cc21)C(C)(C)O. The number of halogens is 3. The first-order chi connectivity index (χ1) is 12.4. The van der Waals surface area contributed by atoms with Crippen molar-refractivity contribution in [3.8, 4) is 11.6 Å². The molecule has 1 N–H and O–H groups in total. The van der Waals surface area contributed by atoms with Crippen LogP contribution >= 0.6 is 0 Å². The van der Waals surface area contributed by atoms with Gasteiger partial charge in [-0.1, -0.05) is 0 Å². The molecule has 25 heavy (non-hydrogen) atoms. The van der Waals surface area contributed by atoms with E-state index >= 15 is 0 Å². The molecule has 0 spiro atoms. The zero-order valence-corrected chi connectivity index (χ0v) is 13.4. The maximum Gasteiger partial charge on any atom is 0.417 e. The highest BCUT2D eigenvalue weighted by atomic mass is 19.4. The van der Waals surface area contributed by atoms with E-state index in [-0.39, 0.29) is 11.6 Å². The zero-order chi connectivity index (χ0) is 20.0. The fourth-order valence-corrected chi connectivity index (χ4v) is 2.16. The van der Waals surface area contributed by atoms with Gasteiger partial charge in [0.05, 0.1) is 37.8 Å². The van der Waals surface area contributed by atoms with Gasteiger partial charge < -0.3 is 14.4 Å². The Kier molecular flexibility index (Phi) is 3.55. The second kappa shape index (κ2) is 6.03. The van der Waals surface area contributed by atoms with Crippen LogP contribution in [0.3, 0.4) is 0 Å². The van der Waals surface area contributed by atoms with E-state index in [2.05, 4.69) is 9.97 Å². The van der Waals surface area contributed by atoms with Crippen molar-refractivity contribution in [2.24, 2.45) is 0 Å². The number of pyridine rings is 1. The molecule has 5 nitrogen and oxygen atoms in total. The quantitative estimate of drug-likeness (QED) is 0.770. The van der Waals surface area contributed by atoms with E-state index in [4.69, 9.17) is 7.48 Å². The molecule has 8 heteroatoms. The molecule has 2 heterocycles. The zero-order valence-electron chi connectivity index (χ0n) is 15.4. The van der Waals surface area contributed by atoms with Gasteiger partial charge in [-0.2, -0.15) is 13.2 Å². The van der Waals surface area contributed by atoms with Crippen molar-refractivity contribution in [2.45, 2.75) is 32.1 Å². The van der Waals surface area contributed by atoms with E-state index in [1.807, 2.05) is 0 Å². The highest BCUT2D eigenvalue weighted by Gasteiger charge is 2.30. The summed E-state index contributed by atoms with van der Waals surface area (Å²) >= 11 is 0. The van der Waals surface area contributed by atoms with Crippen LogP contribution in [0.1, 0.15) is 22.2 Å². The third-order valence-corrected chi connectivity index (χ3v) is 3.20. The number of aliphatic hydroxyl groups is 1. The molecule has 0 unspecified atom stereocenters. The van der Waals surface area contributed by atoms with Crippen LogP contribution in [-0.4, -0.2) is 25.2 Å². The average Bonchev–Trinajstić information content (AvgIpc) is 2.97. The second-order valence-corrected chi connectivity index (χ2v) is 5.92. The van der Waals surface area contributed by atoms with Gasteiger partial charge in [0.2, 0.25) is 5.88 Å². The fourth-order valence-electron chi connectivity index (χ4n) is 2.16. The van der Waals surface area contributed by atoms with Crippen molar-refractivity contribution in [3.63, 3.8) is 0 Å². The number of imidazole rings is 1. The molecule has 0 atom stereocenters. The highest BCUT2D eigenvalue weighted by Crippen LogP contribution is 2.30. The highest BCUT2D eigenvalue weighted by molar-refractivity contribution is 5.77. The van der Waals surface area contributed by atoms with E-state index in [0.717, 1.165) is 12.1 Å². The monoisotopic (exact) mass is 353 g/mol. The van der Waals surface area contributed by atoms with Gasteiger partial charge in [-0.3, -0.25) is 0 Å². The van der Waals surface area contributed by atoms with Gasteiger partial charge in [0.25, 0.3) is 0 Å². The number of benzene rings is 1. The summed E-state index contributed by atoms with van der Waals surface area (Å²) in [4.78, 5) is 7.74. The van der Waals surface area contributed by atoms with Crippen LogP contribution in [0.25, 0.3) is 11.0 Å². The van der Waals surface area contributed by atoms with Gasteiger partial charge in [-0.25, -0.2) is 9.97 Å². The van der Waals surface area contributed by atoms with Crippen LogP contribution in [0, 0.1) is 0 Å². The molecule has 0 saturated heterocycles. The molecule has 0 aliphatic carbocycles. The Bertz CT molecular complexity index is 964. The third kappa shape index (κ3) is 4.08. The van der Waals surface area contributed by atoms with E-state index in [0.29, 0.717) is 17.2 Å². The van der Waals surface area contributed by atoms with Crippen molar-refractivity contribution in [1.29, 1.82) is 0 Å². The maximum absolute atomic E-state index is 12.6. The van der Waals surface area contributed by atoms with E-state index in [9.17, 15) is 18.3 Å². The summed E-state index contributed by atoms with van der Waals surface area (Å²) in [7, 11) is 0. The molecule has 3 rings (SSSR count). The van der Waals surface area contributed by atoms with E-state index in [1.165, 1.54) is 30.8 Å². The molecular weight excluding hydrogens is 335 g/mol. The number of nitrogens with zero attached hydrogens (tertiary/aromatic N) is 3. The lowest BCUT2D eigenvalue weighted by atomic mass is 10.1. The molecule has 132 valence electrons. The van der Waals surface area contributed by atoms with Crippen LogP contribution in [0.4, 0.5) is 13.2 Å². The predicted octanol–water partition coefficient (Wildman–Crippen LogP) is 4.01. The first-order valence-electron chi connectivity index (χ1n) is 8.31. The molecule has 3 aromatic rings. The second-order valence-electron chi connectivity index (χ2n) is 5.92. The molecule has 0 saturated carbocycles. The fraction of sp³-hybridized carbons (Fsp3) is 0.294. The van der Waals surface area contributed by atoms with Crippen LogP contribution in [0.5, 0.6) is 11.6 Å². The molecule has 0 bridgehead atoms. The minimum Gasteiger partial charge on any atom is -0.439 e. The number of hydrogen-bond donors (Lipinski definition) is 1. The van der Waals surface area contributed by atoms with Crippen molar-refractivity contribution in [1.82, 2.24) is 14.5 Å². The summed E-state index contributed by atoms with van der Waals surface area (Å²) in [5, 5.41) is 10.1. The Morgan fingerprint density at radius 3 is 2.56 bits per heavy atom. The Labute approximate surface area is 144 Å². The van der Waals surface area contributed by atoms with Crippen molar-refractivity contribution in [3.05, 3.63) is 48.4 Å². The summed E-state index contributed by atoms with van der Waals surface area (Å²) in [6.07, 6.45) is -2.55. The Morgan fingerprint density at radius 2 is 1.96 bits per heavy atom. The summed E-state index contributed by atoms with van der Waals surface area (Å²) in [5.41, 5.74) is -1.75. The van der Waals surface area contributed by atoms with Gasteiger partial charge in [-0.05, 0) is 32.0 Å². The van der Waals surface area contributed by atoms with Gasteiger partial charge in [0.1, 0.15) is 5.75 Å². The van der Waals surface area contributed by atoms with E-state index < -0.39 is 23.8 Å². The standard InChI is InChI=1S/C17H16F3N3O2/c1-16(2,24)9-23-10-22-13-5-4-12(7-14(13)23)25-15-6-3-11(8-21-15)17(18,19)20/h3-8,10,24H,9H2,1-2H3/i9D2. The lowest BCUT2D eigenvalue weighted by Gasteiger charge is -2.18. The van der Waals surface area contributed by atoms with Crippen LogP contribution < -0.4 is 4.74 Å².